The van der Waals surface area contributed by atoms with E-state index >= 15 is 0 Å². The van der Waals surface area contributed by atoms with Crippen LogP contribution in [-0.4, -0.2) is 38.3 Å². The van der Waals surface area contributed by atoms with Gasteiger partial charge in [-0.3, -0.25) is 0 Å². The Bertz CT molecular complexity index is 424. The summed E-state index contributed by atoms with van der Waals surface area (Å²) in [6, 6.07) is 4.53. The number of ether oxygens (including phenoxy) is 1. The summed E-state index contributed by atoms with van der Waals surface area (Å²) in [4.78, 5) is 2.38. The molecule has 1 aromatic carbocycles. The van der Waals surface area contributed by atoms with E-state index in [1.807, 2.05) is 0 Å². The monoisotopic (exact) mass is 262 g/mol. The van der Waals surface area contributed by atoms with Crippen molar-refractivity contribution in [3.05, 3.63) is 34.4 Å². The zero-order chi connectivity index (χ0) is 14.0. The predicted octanol–water partition coefficient (Wildman–Crippen LogP) is 2.02. The standard InChI is InChI=1S/C16H26N2O/c1-12-5-13(2)15(14(3)6-12)7-18(4)9-16(8-17)10-19-11-16/h5-6H,7-11,17H2,1-4H3. The molecule has 0 radical (unpaired) electrons. The van der Waals surface area contributed by atoms with Gasteiger partial charge in [-0.15, -0.1) is 0 Å². The molecular formula is C16H26N2O. The molecule has 2 N–H and O–H groups in total. The topological polar surface area (TPSA) is 38.5 Å². The molecule has 2 rings (SSSR count). The highest BCUT2D eigenvalue weighted by atomic mass is 16.5. The summed E-state index contributed by atoms with van der Waals surface area (Å²) in [6.45, 7) is 10.9. The van der Waals surface area contributed by atoms with Gasteiger partial charge in [-0.25, -0.2) is 0 Å². The van der Waals surface area contributed by atoms with E-state index in [4.69, 9.17) is 10.5 Å². The fourth-order valence-corrected chi connectivity index (χ4v) is 3.02. The van der Waals surface area contributed by atoms with Crippen LogP contribution < -0.4 is 5.73 Å². The molecule has 0 amide bonds. The Morgan fingerprint density at radius 3 is 2.21 bits per heavy atom. The molecule has 0 aromatic heterocycles. The molecule has 1 saturated heterocycles. The smallest absolute Gasteiger partial charge is 0.0569 e. The molecule has 0 spiro atoms. The summed E-state index contributed by atoms with van der Waals surface area (Å²) < 4.78 is 5.34. The molecule has 0 bridgehead atoms. The van der Waals surface area contributed by atoms with Gasteiger partial charge in [0.1, 0.15) is 0 Å². The quantitative estimate of drug-likeness (QED) is 0.882. The molecule has 0 unspecified atom stereocenters. The first-order valence-electron chi connectivity index (χ1n) is 6.99. The van der Waals surface area contributed by atoms with E-state index in [-0.39, 0.29) is 5.41 Å². The van der Waals surface area contributed by atoms with E-state index < -0.39 is 0 Å². The lowest BCUT2D eigenvalue weighted by Gasteiger charge is -2.43. The van der Waals surface area contributed by atoms with Crippen molar-refractivity contribution >= 4 is 0 Å². The lowest BCUT2D eigenvalue weighted by Crippen LogP contribution is -2.54. The van der Waals surface area contributed by atoms with Gasteiger partial charge >= 0.3 is 0 Å². The summed E-state index contributed by atoms with van der Waals surface area (Å²) >= 11 is 0. The van der Waals surface area contributed by atoms with Gasteiger partial charge in [-0.05, 0) is 44.5 Å². The fraction of sp³-hybridized carbons (Fsp3) is 0.625. The number of nitrogens with two attached hydrogens (primary N) is 1. The van der Waals surface area contributed by atoms with Crippen LogP contribution in [-0.2, 0) is 11.3 Å². The molecule has 1 aliphatic rings. The van der Waals surface area contributed by atoms with Gasteiger partial charge in [-0.1, -0.05) is 17.7 Å². The predicted molar refractivity (Wildman–Crippen MR) is 79.3 cm³/mol. The lowest BCUT2D eigenvalue weighted by molar-refractivity contribution is -0.118. The maximum atomic E-state index is 5.88. The highest BCUT2D eigenvalue weighted by Gasteiger charge is 2.38. The molecule has 0 aliphatic carbocycles. The maximum absolute atomic E-state index is 5.88. The van der Waals surface area contributed by atoms with Crippen molar-refractivity contribution in [2.75, 3.05) is 33.4 Å². The summed E-state index contributed by atoms with van der Waals surface area (Å²) in [5, 5.41) is 0. The zero-order valence-corrected chi connectivity index (χ0v) is 12.6. The van der Waals surface area contributed by atoms with Crippen LogP contribution in [0.4, 0.5) is 0 Å². The van der Waals surface area contributed by atoms with Crippen LogP contribution in [0.3, 0.4) is 0 Å². The van der Waals surface area contributed by atoms with Crippen molar-refractivity contribution in [1.29, 1.82) is 0 Å². The van der Waals surface area contributed by atoms with Gasteiger partial charge in [0.15, 0.2) is 0 Å². The summed E-state index contributed by atoms with van der Waals surface area (Å²) in [5.41, 5.74) is 11.6. The SMILES string of the molecule is Cc1cc(C)c(CN(C)CC2(CN)COC2)c(C)c1. The Morgan fingerprint density at radius 1 is 1.21 bits per heavy atom. The number of aryl methyl sites for hydroxylation is 3. The van der Waals surface area contributed by atoms with E-state index in [1.165, 1.54) is 22.3 Å². The molecule has 3 heteroatoms. The van der Waals surface area contributed by atoms with E-state index in [1.54, 1.807) is 0 Å². The van der Waals surface area contributed by atoms with Crippen molar-refractivity contribution in [2.24, 2.45) is 11.1 Å². The molecule has 1 aliphatic heterocycles. The first kappa shape index (κ1) is 14.5. The number of benzene rings is 1. The van der Waals surface area contributed by atoms with Crippen LogP contribution in [0.25, 0.3) is 0 Å². The molecule has 0 saturated carbocycles. The molecule has 1 heterocycles. The van der Waals surface area contributed by atoms with Crippen LogP contribution in [0, 0.1) is 26.2 Å². The molecule has 0 atom stereocenters. The minimum atomic E-state index is 0.182. The molecule has 106 valence electrons. The average molecular weight is 262 g/mol. The molecule has 3 nitrogen and oxygen atoms in total. The van der Waals surface area contributed by atoms with Crippen molar-refractivity contribution in [3.8, 4) is 0 Å². The second-order valence-corrected chi connectivity index (χ2v) is 6.25. The van der Waals surface area contributed by atoms with Crippen LogP contribution in [0.2, 0.25) is 0 Å². The zero-order valence-electron chi connectivity index (χ0n) is 12.6. The Hall–Kier alpha value is -0.900. The van der Waals surface area contributed by atoms with Crippen LogP contribution in [0.1, 0.15) is 22.3 Å². The largest absolute Gasteiger partial charge is 0.380 e. The van der Waals surface area contributed by atoms with Gasteiger partial charge in [0.2, 0.25) is 0 Å². The summed E-state index contributed by atoms with van der Waals surface area (Å²) in [6.07, 6.45) is 0. The number of nitrogens with zero attached hydrogens (tertiary/aromatic N) is 1. The Kier molecular flexibility index (Phi) is 4.29. The summed E-state index contributed by atoms with van der Waals surface area (Å²) in [7, 11) is 2.18. The van der Waals surface area contributed by atoms with Crippen molar-refractivity contribution in [2.45, 2.75) is 27.3 Å². The Morgan fingerprint density at radius 2 is 1.79 bits per heavy atom. The van der Waals surface area contributed by atoms with Gasteiger partial charge in [-0.2, -0.15) is 0 Å². The van der Waals surface area contributed by atoms with E-state index in [0.29, 0.717) is 6.54 Å². The average Bonchev–Trinajstić information content (AvgIpc) is 2.28. The highest BCUT2D eigenvalue weighted by molar-refractivity contribution is 5.37. The highest BCUT2D eigenvalue weighted by Crippen LogP contribution is 2.28. The van der Waals surface area contributed by atoms with Crippen molar-refractivity contribution in [3.63, 3.8) is 0 Å². The van der Waals surface area contributed by atoms with Gasteiger partial charge in [0.05, 0.1) is 13.2 Å². The first-order chi connectivity index (χ1) is 8.96. The minimum Gasteiger partial charge on any atom is -0.380 e. The second kappa shape index (κ2) is 5.61. The van der Waals surface area contributed by atoms with Crippen LogP contribution in [0.5, 0.6) is 0 Å². The van der Waals surface area contributed by atoms with Crippen LogP contribution >= 0.6 is 0 Å². The summed E-state index contributed by atoms with van der Waals surface area (Å²) in [5.74, 6) is 0. The Labute approximate surface area is 116 Å². The van der Waals surface area contributed by atoms with Gasteiger partial charge in [0, 0.05) is 25.0 Å². The first-order valence-corrected chi connectivity index (χ1v) is 6.99. The van der Waals surface area contributed by atoms with E-state index in [9.17, 15) is 0 Å². The minimum absolute atomic E-state index is 0.182. The molecular weight excluding hydrogens is 236 g/mol. The second-order valence-electron chi connectivity index (χ2n) is 6.25. The Balaban J connectivity index is 2.05. The van der Waals surface area contributed by atoms with Crippen molar-refractivity contribution < 1.29 is 4.74 Å². The number of hydrogen-bond acceptors (Lipinski definition) is 3. The van der Waals surface area contributed by atoms with Gasteiger partial charge < -0.3 is 15.4 Å². The molecule has 1 aromatic rings. The molecule has 1 fully saturated rings. The third-order valence-corrected chi connectivity index (χ3v) is 4.12. The van der Waals surface area contributed by atoms with Crippen molar-refractivity contribution in [1.82, 2.24) is 4.90 Å². The third kappa shape index (κ3) is 3.16. The normalized spacial score (nSPS) is 17.6. The van der Waals surface area contributed by atoms with Gasteiger partial charge in [0.25, 0.3) is 0 Å². The lowest BCUT2D eigenvalue weighted by atomic mass is 9.85. The fourth-order valence-electron chi connectivity index (χ4n) is 3.02. The number of rotatable bonds is 5. The number of hydrogen-bond donors (Lipinski definition) is 1. The van der Waals surface area contributed by atoms with E-state index in [0.717, 1.165) is 26.3 Å². The van der Waals surface area contributed by atoms with Crippen LogP contribution in [0.15, 0.2) is 12.1 Å². The molecule has 19 heavy (non-hydrogen) atoms. The third-order valence-electron chi connectivity index (χ3n) is 4.12. The van der Waals surface area contributed by atoms with E-state index in [2.05, 4.69) is 44.9 Å². The maximum Gasteiger partial charge on any atom is 0.0569 e.